The minimum absolute atomic E-state index is 0.0890. The Morgan fingerprint density at radius 3 is 2.22 bits per heavy atom. The number of carbonyl (C=O) groups excluding carboxylic acids is 2. The van der Waals surface area contributed by atoms with Crippen molar-refractivity contribution in [2.75, 3.05) is 18.0 Å². The highest BCUT2D eigenvalue weighted by atomic mass is 32.2. The van der Waals surface area contributed by atoms with Gasteiger partial charge in [-0.25, -0.2) is 8.42 Å². The second-order valence-electron chi connectivity index (χ2n) is 10.7. The van der Waals surface area contributed by atoms with Crippen molar-refractivity contribution in [3.8, 4) is 5.75 Å². The highest BCUT2D eigenvalue weighted by molar-refractivity contribution is 7.92. The predicted octanol–water partition coefficient (Wildman–Crippen LogP) is 4.98. The fraction of sp³-hybridized carbons (Fsp3) is 0.375. The normalized spacial score (nSPS) is 14.3. The fourth-order valence-corrected chi connectivity index (χ4v) is 6.46. The van der Waals surface area contributed by atoms with Crippen LogP contribution in [-0.4, -0.2) is 50.9 Å². The highest BCUT2D eigenvalue weighted by Crippen LogP contribution is 2.26. The third kappa shape index (κ3) is 7.47. The fourth-order valence-electron chi connectivity index (χ4n) is 5.05. The van der Waals surface area contributed by atoms with Crippen molar-refractivity contribution in [2.24, 2.45) is 0 Å². The molecule has 0 spiro atoms. The molecule has 3 aromatic carbocycles. The molecule has 0 bridgehead atoms. The zero-order valence-electron chi connectivity index (χ0n) is 24.2. The van der Waals surface area contributed by atoms with Gasteiger partial charge in [-0.3, -0.25) is 13.9 Å². The van der Waals surface area contributed by atoms with Gasteiger partial charge in [0, 0.05) is 12.6 Å². The van der Waals surface area contributed by atoms with Crippen molar-refractivity contribution in [2.45, 2.75) is 70.0 Å². The van der Waals surface area contributed by atoms with E-state index in [1.165, 1.54) is 4.90 Å². The standard InChI is InChI=1S/C32H39N3O5S/c1-23-12-18-30(19-13-23)41(38,39)35(28-11-7-8-24(2)20-28)22-31(36)34(21-26-14-16-29(40-4)17-15-26)25(3)32(37)33-27-9-5-6-10-27/h7-8,11-20,25,27H,5-6,9-10,21-22H2,1-4H3,(H,33,37)/t25-/m1/s1. The summed E-state index contributed by atoms with van der Waals surface area (Å²) in [7, 11) is -2.52. The molecule has 0 aliphatic heterocycles. The molecular weight excluding hydrogens is 538 g/mol. The monoisotopic (exact) mass is 577 g/mol. The summed E-state index contributed by atoms with van der Waals surface area (Å²) in [4.78, 5) is 28.9. The number of anilines is 1. The zero-order valence-corrected chi connectivity index (χ0v) is 25.0. The van der Waals surface area contributed by atoms with Crippen LogP contribution >= 0.6 is 0 Å². The second kappa shape index (κ2) is 13.2. The first-order valence-corrected chi connectivity index (χ1v) is 15.4. The van der Waals surface area contributed by atoms with E-state index in [0.717, 1.165) is 46.7 Å². The van der Waals surface area contributed by atoms with E-state index in [1.807, 2.05) is 32.0 Å². The lowest BCUT2D eigenvalue weighted by molar-refractivity contribution is -0.139. The average molecular weight is 578 g/mol. The van der Waals surface area contributed by atoms with E-state index in [0.29, 0.717) is 11.4 Å². The van der Waals surface area contributed by atoms with Crippen LogP contribution in [0.3, 0.4) is 0 Å². The number of nitrogens with zero attached hydrogens (tertiary/aromatic N) is 2. The third-order valence-electron chi connectivity index (χ3n) is 7.56. The lowest BCUT2D eigenvalue weighted by Crippen LogP contribution is -2.52. The molecule has 41 heavy (non-hydrogen) atoms. The number of hydrogen-bond acceptors (Lipinski definition) is 5. The first-order valence-electron chi connectivity index (χ1n) is 14.0. The van der Waals surface area contributed by atoms with Gasteiger partial charge in [-0.05, 0) is 81.1 Å². The molecule has 1 N–H and O–H groups in total. The van der Waals surface area contributed by atoms with Gasteiger partial charge < -0.3 is 15.0 Å². The maximum atomic E-state index is 14.1. The number of ether oxygens (including phenoxy) is 1. The number of carbonyl (C=O) groups is 2. The van der Waals surface area contributed by atoms with Crippen molar-refractivity contribution in [3.63, 3.8) is 0 Å². The Balaban J connectivity index is 1.68. The number of aryl methyl sites for hydroxylation is 2. The van der Waals surface area contributed by atoms with E-state index in [9.17, 15) is 18.0 Å². The molecule has 3 aromatic rings. The number of amides is 2. The summed E-state index contributed by atoms with van der Waals surface area (Å²) in [6.45, 7) is 5.11. The number of sulfonamides is 1. The molecule has 1 saturated carbocycles. The van der Waals surface area contributed by atoms with Crippen LogP contribution in [0.4, 0.5) is 5.69 Å². The molecule has 1 atom stereocenters. The summed E-state index contributed by atoms with van der Waals surface area (Å²) in [5.74, 6) is -0.0530. The molecule has 0 radical (unpaired) electrons. The molecule has 2 amide bonds. The quantitative estimate of drug-likeness (QED) is 0.347. The van der Waals surface area contributed by atoms with Crippen molar-refractivity contribution < 1.29 is 22.7 Å². The number of hydrogen-bond donors (Lipinski definition) is 1. The van der Waals surface area contributed by atoms with Crippen LogP contribution in [0, 0.1) is 13.8 Å². The molecule has 8 nitrogen and oxygen atoms in total. The smallest absolute Gasteiger partial charge is 0.264 e. The Labute approximate surface area is 243 Å². The van der Waals surface area contributed by atoms with E-state index in [4.69, 9.17) is 4.74 Å². The topological polar surface area (TPSA) is 96.0 Å². The Bertz CT molecular complexity index is 1450. The van der Waals surface area contributed by atoms with Gasteiger partial charge in [0.05, 0.1) is 17.7 Å². The number of nitrogens with one attached hydrogen (secondary N) is 1. The molecule has 1 aliphatic rings. The Kier molecular flexibility index (Phi) is 9.70. The molecule has 4 rings (SSSR count). The van der Waals surface area contributed by atoms with E-state index in [2.05, 4.69) is 5.32 Å². The van der Waals surface area contributed by atoms with Crippen molar-refractivity contribution >= 4 is 27.5 Å². The lowest BCUT2D eigenvalue weighted by Gasteiger charge is -2.32. The van der Waals surface area contributed by atoms with Gasteiger partial charge in [-0.2, -0.15) is 0 Å². The summed E-state index contributed by atoms with van der Waals surface area (Å²) in [6.07, 6.45) is 3.97. The van der Waals surface area contributed by atoms with Crippen molar-refractivity contribution in [1.82, 2.24) is 10.2 Å². The molecule has 0 unspecified atom stereocenters. The van der Waals surface area contributed by atoms with Gasteiger partial charge in [0.1, 0.15) is 18.3 Å². The van der Waals surface area contributed by atoms with Gasteiger partial charge >= 0.3 is 0 Å². The molecular formula is C32H39N3O5S. The molecule has 0 heterocycles. The highest BCUT2D eigenvalue weighted by Gasteiger charge is 2.33. The van der Waals surface area contributed by atoms with Gasteiger partial charge in [-0.1, -0.05) is 54.8 Å². The van der Waals surface area contributed by atoms with E-state index in [1.54, 1.807) is 68.6 Å². The van der Waals surface area contributed by atoms with Crippen LogP contribution in [0.5, 0.6) is 5.75 Å². The largest absolute Gasteiger partial charge is 0.497 e. The molecule has 1 fully saturated rings. The van der Waals surface area contributed by atoms with E-state index < -0.39 is 28.5 Å². The predicted molar refractivity (Wildman–Crippen MR) is 160 cm³/mol. The molecule has 9 heteroatoms. The van der Waals surface area contributed by atoms with Crippen LogP contribution in [-0.2, 0) is 26.2 Å². The molecule has 0 saturated heterocycles. The molecule has 218 valence electrons. The van der Waals surface area contributed by atoms with Crippen LogP contribution in [0.15, 0.2) is 77.7 Å². The summed E-state index contributed by atoms with van der Waals surface area (Å²) in [5, 5.41) is 3.09. The maximum absolute atomic E-state index is 14.1. The van der Waals surface area contributed by atoms with Crippen LogP contribution in [0.2, 0.25) is 0 Å². The first kappa shape index (κ1) is 30.1. The number of methoxy groups -OCH3 is 1. The Morgan fingerprint density at radius 1 is 0.951 bits per heavy atom. The number of benzene rings is 3. The maximum Gasteiger partial charge on any atom is 0.264 e. The molecule has 1 aliphatic carbocycles. The first-order chi connectivity index (χ1) is 19.6. The Morgan fingerprint density at radius 2 is 1.61 bits per heavy atom. The SMILES string of the molecule is COc1ccc(CN(C(=O)CN(c2cccc(C)c2)S(=O)(=O)c2ccc(C)cc2)[C@H](C)C(=O)NC2CCCC2)cc1. The summed E-state index contributed by atoms with van der Waals surface area (Å²) >= 11 is 0. The summed E-state index contributed by atoms with van der Waals surface area (Å²) in [5.41, 5.74) is 2.96. The van der Waals surface area contributed by atoms with E-state index >= 15 is 0 Å². The minimum atomic E-state index is -4.09. The Hall–Kier alpha value is -3.85. The minimum Gasteiger partial charge on any atom is -0.497 e. The van der Waals surface area contributed by atoms with Crippen molar-refractivity contribution in [3.05, 3.63) is 89.5 Å². The lowest BCUT2D eigenvalue weighted by atomic mass is 10.1. The van der Waals surface area contributed by atoms with Crippen LogP contribution in [0.1, 0.15) is 49.3 Å². The van der Waals surface area contributed by atoms with Crippen LogP contribution in [0.25, 0.3) is 0 Å². The van der Waals surface area contributed by atoms with Gasteiger partial charge in [-0.15, -0.1) is 0 Å². The van der Waals surface area contributed by atoms with Gasteiger partial charge in [0.25, 0.3) is 10.0 Å². The summed E-state index contributed by atoms with van der Waals surface area (Å²) in [6, 6.07) is 20.1. The van der Waals surface area contributed by atoms with E-state index in [-0.39, 0.29) is 23.4 Å². The van der Waals surface area contributed by atoms with Crippen molar-refractivity contribution in [1.29, 1.82) is 0 Å². The van der Waals surface area contributed by atoms with Gasteiger partial charge in [0.2, 0.25) is 11.8 Å². The zero-order chi connectivity index (χ0) is 29.6. The third-order valence-corrected chi connectivity index (χ3v) is 9.35. The number of rotatable bonds is 11. The summed E-state index contributed by atoms with van der Waals surface area (Å²) < 4.78 is 34.3. The second-order valence-corrected chi connectivity index (χ2v) is 12.6. The van der Waals surface area contributed by atoms with Gasteiger partial charge in [0.15, 0.2) is 0 Å². The average Bonchev–Trinajstić information content (AvgIpc) is 3.47. The van der Waals surface area contributed by atoms with Crippen LogP contribution < -0.4 is 14.4 Å². The molecule has 0 aromatic heterocycles.